The third kappa shape index (κ3) is 5.25. The first-order chi connectivity index (χ1) is 11.9. The summed E-state index contributed by atoms with van der Waals surface area (Å²) in [7, 11) is 0. The van der Waals surface area contributed by atoms with Crippen molar-refractivity contribution >= 4 is 17.5 Å². The van der Waals surface area contributed by atoms with Crippen LogP contribution in [0.2, 0.25) is 0 Å². The van der Waals surface area contributed by atoms with Crippen molar-refractivity contribution in [2.45, 2.75) is 45.7 Å². The predicted molar refractivity (Wildman–Crippen MR) is 100 cm³/mol. The third-order valence-corrected chi connectivity index (χ3v) is 4.45. The summed E-state index contributed by atoms with van der Waals surface area (Å²) in [4.78, 5) is 28.0. The Hall–Kier alpha value is -2.48. The molecule has 1 saturated heterocycles. The summed E-state index contributed by atoms with van der Waals surface area (Å²) >= 11 is 0. The standard InChI is InChI=1S/C20H27N3O2/c1-5-17-8-6-10-19(12-17)23(15(2)3)14-20(25)22-11-7-9-18(13-22)21-16(4)24/h1,6,8,10,12,15,18H,7,9,11,13-14H2,2-4H3,(H,21,24)/t18-/m1/s1. The lowest BCUT2D eigenvalue weighted by Gasteiger charge is -2.36. The van der Waals surface area contributed by atoms with E-state index in [0.29, 0.717) is 13.1 Å². The number of hydrogen-bond acceptors (Lipinski definition) is 3. The quantitative estimate of drug-likeness (QED) is 0.834. The van der Waals surface area contributed by atoms with Crippen molar-refractivity contribution in [3.63, 3.8) is 0 Å². The zero-order valence-electron chi connectivity index (χ0n) is 15.3. The van der Waals surface area contributed by atoms with Crippen molar-refractivity contribution in [1.82, 2.24) is 10.2 Å². The van der Waals surface area contributed by atoms with E-state index in [4.69, 9.17) is 6.42 Å². The van der Waals surface area contributed by atoms with Crippen LogP contribution in [0.5, 0.6) is 0 Å². The number of piperidine rings is 1. The number of carbonyl (C=O) groups is 2. The summed E-state index contributed by atoms with van der Waals surface area (Å²) < 4.78 is 0. The third-order valence-electron chi connectivity index (χ3n) is 4.45. The van der Waals surface area contributed by atoms with Gasteiger partial charge in [-0.15, -0.1) is 6.42 Å². The number of likely N-dealkylation sites (tertiary alicyclic amines) is 1. The lowest BCUT2D eigenvalue weighted by atomic mass is 10.1. The van der Waals surface area contributed by atoms with Crippen LogP contribution in [0.15, 0.2) is 24.3 Å². The van der Waals surface area contributed by atoms with Gasteiger partial charge < -0.3 is 15.1 Å². The normalized spacial score (nSPS) is 17.1. The molecule has 2 amide bonds. The molecule has 0 radical (unpaired) electrons. The van der Waals surface area contributed by atoms with Gasteiger partial charge in [0.1, 0.15) is 0 Å². The Kier molecular flexibility index (Phi) is 6.46. The fourth-order valence-electron chi connectivity index (χ4n) is 3.20. The number of hydrogen-bond donors (Lipinski definition) is 1. The molecule has 1 fully saturated rings. The predicted octanol–water partition coefficient (Wildman–Crippen LogP) is 2.01. The van der Waals surface area contributed by atoms with E-state index in [2.05, 4.69) is 30.0 Å². The topological polar surface area (TPSA) is 52.7 Å². The van der Waals surface area contributed by atoms with E-state index >= 15 is 0 Å². The molecule has 25 heavy (non-hydrogen) atoms. The number of amides is 2. The number of terminal acetylenes is 1. The van der Waals surface area contributed by atoms with Gasteiger partial charge in [-0.1, -0.05) is 12.0 Å². The summed E-state index contributed by atoms with van der Waals surface area (Å²) in [6.45, 7) is 7.26. The summed E-state index contributed by atoms with van der Waals surface area (Å²) in [5, 5.41) is 2.92. The van der Waals surface area contributed by atoms with Crippen molar-refractivity contribution in [3.05, 3.63) is 29.8 Å². The van der Waals surface area contributed by atoms with Crippen LogP contribution in [-0.4, -0.2) is 48.4 Å². The molecule has 0 aliphatic carbocycles. The van der Waals surface area contributed by atoms with Gasteiger partial charge in [0.15, 0.2) is 0 Å². The van der Waals surface area contributed by atoms with Crippen molar-refractivity contribution in [2.75, 3.05) is 24.5 Å². The van der Waals surface area contributed by atoms with E-state index in [1.165, 1.54) is 6.92 Å². The average molecular weight is 341 g/mol. The Bertz CT molecular complexity index is 663. The van der Waals surface area contributed by atoms with Gasteiger partial charge in [0.05, 0.1) is 6.54 Å². The highest BCUT2D eigenvalue weighted by Gasteiger charge is 2.26. The van der Waals surface area contributed by atoms with Crippen molar-refractivity contribution in [3.8, 4) is 12.3 Å². The van der Waals surface area contributed by atoms with Crippen LogP contribution >= 0.6 is 0 Å². The Labute approximate surface area is 150 Å². The minimum Gasteiger partial charge on any atom is -0.360 e. The molecular weight excluding hydrogens is 314 g/mol. The summed E-state index contributed by atoms with van der Waals surface area (Å²) in [5.41, 5.74) is 1.76. The van der Waals surface area contributed by atoms with Gasteiger partial charge >= 0.3 is 0 Å². The number of benzene rings is 1. The second-order valence-electron chi connectivity index (χ2n) is 6.80. The minimum atomic E-state index is -0.0470. The van der Waals surface area contributed by atoms with Gasteiger partial charge in [-0.05, 0) is 44.9 Å². The highest BCUT2D eigenvalue weighted by molar-refractivity contribution is 5.82. The molecular formula is C20H27N3O2. The zero-order valence-corrected chi connectivity index (χ0v) is 15.3. The van der Waals surface area contributed by atoms with E-state index in [1.807, 2.05) is 29.2 Å². The molecule has 1 aliphatic heterocycles. The molecule has 1 aromatic rings. The highest BCUT2D eigenvalue weighted by Crippen LogP contribution is 2.19. The number of nitrogens with one attached hydrogen (secondary N) is 1. The van der Waals surface area contributed by atoms with Gasteiger partial charge in [-0.2, -0.15) is 0 Å². The Morgan fingerprint density at radius 1 is 1.44 bits per heavy atom. The number of nitrogens with zero attached hydrogens (tertiary/aromatic N) is 2. The second-order valence-corrected chi connectivity index (χ2v) is 6.80. The number of rotatable bonds is 5. The van der Waals surface area contributed by atoms with E-state index in [1.54, 1.807) is 0 Å². The molecule has 1 N–H and O–H groups in total. The van der Waals surface area contributed by atoms with Gasteiger partial charge in [0, 0.05) is 43.3 Å². The molecule has 1 aliphatic rings. The molecule has 5 nitrogen and oxygen atoms in total. The van der Waals surface area contributed by atoms with Gasteiger partial charge in [-0.3, -0.25) is 9.59 Å². The average Bonchev–Trinajstić information content (AvgIpc) is 2.58. The molecule has 134 valence electrons. The van der Waals surface area contributed by atoms with Crippen LogP contribution < -0.4 is 10.2 Å². The fourth-order valence-corrected chi connectivity index (χ4v) is 3.20. The smallest absolute Gasteiger partial charge is 0.242 e. The summed E-state index contributed by atoms with van der Waals surface area (Å²) in [6.07, 6.45) is 7.32. The Morgan fingerprint density at radius 3 is 2.84 bits per heavy atom. The highest BCUT2D eigenvalue weighted by atomic mass is 16.2. The first-order valence-corrected chi connectivity index (χ1v) is 8.79. The van der Waals surface area contributed by atoms with Crippen LogP contribution in [0, 0.1) is 12.3 Å². The van der Waals surface area contributed by atoms with E-state index in [-0.39, 0.29) is 23.9 Å². The zero-order chi connectivity index (χ0) is 18.4. The summed E-state index contributed by atoms with van der Waals surface area (Å²) in [6, 6.07) is 7.93. The first kappa shape index (κ1) is 18.9. The number of anilines is 1. The van der Waals surface area contributed by atoms with Gasteiger partial charge in [0.25, 0.3) is 0 Å². The Morgan fingerprint density at radius 2 is 2.20 bits per heavy atom. The molecule has 0 unspecified atom stereocenters. The van der Waals surface area contributed by atoms with Crippen LogP contribution in [-0.2, 0) is 9.59 Å². The second kappa shape index (κ2) is 8.57. The number of carbonyl (C=O) groups excluding carboxylic acids is 2. The molecule has 2 rings (SSSR count). The molecule has 1 aromatic carbocycles. The maximum Gasteiger partial charge on any atom is 0.242 e. The molecule has 5 heteroatoms. The molecule has 0 saturated carbocycles. The Balaban J connectivity index is 2.07. The lowest BCUT2D eigenvalue weighted by Crippen LogP contribution is -2.52. The maximum absolute atomic E-state index is 12.8. The SMILES string of the molecule is C#Cc1cccc(N(CC(=O)N2CCC[C@@H](NC(C)=O)C2)C(C)C)c1. The molecule has 0 aromatic heterocycles. The van der Waals surface area contributed by atoms with Crippen molar-refractivity contribution in [2.24, 2.45) is 0 Å². The lowest BCUT2D eigenvalue weighted by molar-refractivity contribution is -0.132. The van der Waals surface area contributed by atoms with Crippen LogP contribution in [0.25, 0.3) is 0 Å². The molecule has 1 atom stereocenters. The molecule has 0 spiro atoms. The van der Waals surface area contributed by atoms with E-state index in [9.17, 15) is 9.59 Å². The fraction of sp³-hybridized carbons (Fsp3) is 0.500. The minimum absolute atomic E-state index is 0.0470. The van der Waals surface area contributed by atoms with E-state index < -0.39 is 0 Å². The molecule has 0 bridgehead atoms. The van der Waals surface area contributed by atoms with Gasteiger partial charge in [0.2, 0.25) is 11.8 Å². The van der Waals surface area contributed by atoms with Crippen LogP contribution in [0.4, 0.5) is 5.69 Å². The maximum atomic E-state index is 12.8. The van der Waals surface area contributed by atoms with Crippen LogP contribution in [0.1, 0.15) is 39.2 Å². The van der Waals surface area contributed by atoms with Gasteiger partial charge in [-0.25, -0.2) is 0 Å². The first-order valence-electron chi connectivity index (χ1n) is 8.79. The molecule has 1 heterocycles. The van der Waals surface area contributed by atoms with Crippen molar-refractivity contribution in [1.29, 1.82) is 0 Å². The van der Waals surface area contributed by atoms with E-state index in [0.717, 1.165) is 30.6 Å². The monoisotopic (exact) mass is 341 g/mol. The van der Waals surface area contributed by atoms with Crippen molar-refractivity contribution < 1.29 is 9.59 Å². The largest absolute Gasteiger partial charge is 0.360 e. The van der Waals surface area contributed by atoms with Crippen LogP contribution in [0.3, 0.4) is 0 Å². The summed E-state index contributed by atoms with van der Waals surface area (Å²) in [5.74, 6) is 2.67.